The molecule has 1 aliphatic heterocycles. The second-order valence-corrected chi connectivity index (χ2v) is 7.35. The lowest BCUT2D eigenvalue weighted by atomic mass is 9.69. The Hall–Kier alpha value is -1.58. The largest absolute Gasteiger partial charge is 0.495 e. The van der Waals surface area contributed by atoms with Gasteiger partial charge in [-0.3, -0.25) is 0 Å². The second-order valence-electron chi connectivity index (χ2n) is 7.35. The number of fused-ring (bicyclic) bond motifs is 3. The van der Waals surface area contributed by atoms with Gasteiger partial charge in [0.2, 0.25) is 0 Å². The maximum Gasteiger partial charge on any atom is 0.495 e. The zero-order valence-electron chi connectivity index (χ0n) is 15.5. The van der Waals surface area contributed by atoms with E-state index in [-0.39, 0.29) is 45.4 Å². The predicted octanol–water partition coefficient (Wildman–Crippen LogP) is 2.74. The van der Waals surface area contributed by atoms with Gasteiger partial charge in [-0.25, -0.2) is 0 Å². The number of hydrogen-bond donors (Lipinski definition) is 0. The zero-order valence-corrected chi connectivity index (χ0v) is 15.5. The summed E-state index contributed by atoms with van der Waals surface area (Å²) in [6, 6.07) is 0. The van der Waals surface area contributed by atoms with E-state index in [0.29, 0.717) is 27.7 Å². The van der Waals surface area contributed by atoms with Crippen LogP contribution in [0.25, 0.3) is 11.1 Å². The van der Waals surface area contributed by atoms with Gasteiger partial charge in [0.1, 0.15) is 0 Å². The summed E-state index contributed by atoms with van der Waals surface area (Å²) in [4.78, 5) is 0. The first-order valence-corrected chi connectivity index (χ1v) is 8.55. The molecule has 0 bridgehead atoms. The van der Waals surface area contributed by atoms with Crippen LogP contribution in [0.1, 0.15) is 50.1 Å². The molecule has 0 N–H and O–H groups in total. The average molecular weight is 368 g/mol. The number of rotatable bonds is 1. The van der Waals surface area contributed by atoms with Crippen LogP contribution in [0.2, 0.25) is 0 Å². The van der Waals surface area contributed by atoms with Gasteiger partial charge in [0.25, 0.3) is 0 Å². The maximum atomic E-state index is 6.28. The fraction of sp³-hybridized carbons (Fsp3) is 0.115. The van der Waals surface area contributed by atoms with Crippen molar-refractivity contribution >= 4 is 12.6 Å². The van der Waals surface area contributed by atoms with Crippen molar-refractivity contribution < 1.29 is 9.31 Å². The lowest BCUT2D eigenvalue weighted by Crippen LogP contribution is -2.43. The van der Waals surface area contributed by atoms with Crippen molar-refractivity contribution in [1.82, 2.24) is 0 Å². The molecule has 0 unspecified atom stereocenters. The van der Waals surface area contributed by atoms with Crippen molar-refractivity contribution in [3.05, 3.63) is 126 Å². The summed E-state index contributed by atoms with van der Waals surface area (Å²) in [5.74, 6) is 0. The summed E-state index contributed by atoms with van der Waals surface area (Å²) in [5.41, 5.74) is -0.243. The molecular formula is C26H13BO2. The Kier molecular flexibility index (Phi) is 4.43. The van der Waals surface area contributed by atoms with Gasteiger partial charge in [-0.15, -0.1) is 0 Å². The summed E-state index contributed by atoms with van der Waals surface area (Å²) in [6.45, 7) is 66.4. The molecule has 2 aromatic carbocycles. The van der Waals surface area contributed by atoms with Crippen LogP contribution in [0, 0.1) is 76.2 Å². The van der Waals surface area contributed by atoms with Gasteiger partial charge in [-0.1, -0.05) is 0 Å². The molecule has 22 radical (unpaired) electrons. The Morgan fingerprint density at radius 3 is 1.48 bits per heavy atom. The van der Waals surface area contributed by atoms with Gasteiger partial charge in [-0.2, -0.15) is 0 Å². The zero-order chi connectivity index (χ0) is 21.6. The molecule has 0 saturated carbocycles. The van der Waals surface area contributed by atoms with E-state index in [1.54, 1.807) is 0 Å². The molecule has 0 spiro atoms. The van der Waals surface area contributed by atoms with Gasteiger partial charge in [0.15, 0.2) is 0 Å². The topological polar surface area (TPSA) is 18.5 Å². The molecule has 1 saturated heterocycles. The van der Waals surface area contributed by atoms with E-state index >= 15 is 0 Å². The standard InChI is InChI=1S/C26H13BO2/c1-13-14(2)17(5)22-20(16(13)4)12-21-23(22)18(6)15(3)19(7)24(21)27-28-25(8,9)26(10,11)29-27/h1-11H,12H2. The molecule has 29 heavy (non-hydrogen) atoms. The predicted molar refractivity (Wildman–Crippen MR) is 109 cm³/mol. The van der Waals surface area contributed by atoms with E-state index in [9.17, 15) is 0 Å². The van der Waals surface area contributed by atoms with E-state index < -0.39 is 18.3 Å². The van der Waals surface area contributed by atoms with Crippen LogP contribution in [0.5, 0.6) is 0 Å². The summed E-state index contributed by atoms with van der Waals surface area (Å²) in [6.07, 6.45) is 0.253. The molecule has 0 atom stereocenters. The Morgan fingerprint density at radius 1 is 0.552 bits per heavy atom. The molecule has 3 heteroatoms. The Labute approximate surface area is 177 Å². The lowest BCUT2D eigenvalue weighted by Gasteiger charge is -2.30. The van der Waals surface area contributed by atoms with Crippen molar-refractivity contribution in [2.75, 3.05) is 0 Å². The molecule has 0 aromatic heterocycles. The molecule has 2 aliphatic rings. The van der Waals surface area contributed by atoms with Gasteiger partial charge < -0.3 is 9.31 Å². The van der Waals surface area contributed by atoms with Gasteiger partial charge in [0.05, 0.1) is 11.2 Å². The molecule has 1 heterocycles. The SMILES string of the molecule is [CH]c1c([CH])c([CH])c2c(c1[CH])Cc1c(B3OC([CH])([CH])C([CH])([CH])O3)c([CH])c([CH])c([CH])c1-2. The molecule has 2 nitrogen and oxygen atoms in total. The minimum Gasteiger partial charge on any atom is -0.398 e. The van der Waals surface area contributed by atoms with Crippen LogP contribution < -0.4 is 5.46 Å². The number of hydrogen-bond acceptors (Lipinski definition) is 2. The van der Waals surface area contributed by atoms with Crippen LogP contribution in [0.3, 0.4) is 0 Å². The van der Waals surface area contributed by atoms with E-state index in [4.69, 9.17) is 85.5 Å². The van der Waals surface area contributed by atoms with Crippen molar-refractivity contribution in [3.63, 3.8) is 0 Å². The van der Waals surface area contributed by atoms with Crippen molar-refractivity contribution in [1.29, 1.82) is 0 Å². The Bertz CT molecular complexity index is 1040. The summed E-state index contributed by atoms with van der Waals surface area (Å²) < 4.78 is 11.1. The van der Waals surface area contributed by atoms with Crippen molar-refractivity contribution in [2.24, 2.45) is 0 Å². The molecule has 132 valence electrons. The average Bonchev–Trinajstić information content (AvgIpc) is 3.11. The lowest BCUT2D eigenvalue weighted by molar-refractivity contribution is 0.0917. The quantitative estimate of drug-likeness (QED) is 0.615. The fourth-order valence-corrected chi connectivity index (χ4v) is 3.83. The third kappa shape index (κ3) is 2.63. The summed E-state index contributed by atoms with van der Waals surface area (Å²) >= 11 is 0. The highest BCUT2D eigenvalue weighted by Gasteiger charge is 2.54. The van der Waals surface area contributed by atoms with Crippen LogP contribution in [0.4, 0.5) is 0 Å². The van der Waals surface area contributed by atoms with Crippen LogP contribution in [0.15, 0.2) is 0 Å². The van der Waals surface area contributed by atoms with Gasteiger partial charge in [0, 0.05) is 27.7 Å². The highest BCUT2D eigenvalue weighted by molar-refractivity contribution is 6.63. The van der Waals surface area contributed by atoms with E-state index in [2.05, 4.69) is 0 Å². The fourth-order valence-electron chi connectivity index (χ4n) is 3.83. The number of benzene rings is 2. The van der Waals surface area contributed by atoms with Crippen LogP contribution >= 0.6 is 0 Å². The minimum atomic E-state index is -1.99. The first-order chi connectivity index (χ1) is 13.3. The normalized spacial score (nSPS) is 18.9. The second kappa shape index (κ2) is 6.22. The Morgan fingerprint density at radius 2 is 0.966 bits per heavy atom. The third-order valence-electron chi connectivity index (χ3n) is 5.59. The van der Waals surface area contributed by atoms with Crippen LogP contribution in [-0.4, -0.2) is 18.3 Å². The maximum absolute atomic E-state index is 6.28. The van der Waals surface area contributed by atoms with Crippen molar-refractivity contribution in [3.8, 4) is 11.1 Å². The van der Waals surface area contributed by atoms with E-state index in [1.807, 2.05) is 0 Å². The van der Waals surface area contributed by atoms with Crippen molar-refractivity contribution in [2.45, 2.75) is 17.6 Å². The minimum absolute atomic E-state index is 0.0818. The molecular weight excluding hydrogens is 355 g/mol. The highest BCUT2D eigenvalue weighted by Crippen LogP contribution is 2.46. The van der Waals surface area contributed by atoms with E-state index in [1.165, 1.54) is 0 Å². The highest BCUT2D eigenvalue weighted by atomic mass is 16.7. The monoisotopic (exact) mass is 368 g/mol. The molecule has 2 aromatic rings. The molecule has 1 fully saturated rings. The summed E-state index contributed by atoms with van der Waals surface area (Å²) in [7, 11) is -1.22. The first kappa shape index (κ1) is 20.7. The third-order valence-corrected chi connectivity index (χ3v) is 5.59. The summed E-state index contributed by atoms with van der Waals surface area (Å²) in [5, 5.41) is 0. The van der Waals surface area contributed by atoms with Gasteiger partial charge in [-0.05, 0) is 122 Å². The van der Waals surface area contributed by atoms with Crippen LogP contribution in [-0.2, 0) is 15.7 Å². The Balaban J connectivity index is 2.02. The van der Waals surface area contributed by atoms with E-state index in [0.717, 1.165) is 0 Å². The first-order valence-electron chi connectivity index (χ1n) is 8.55. The smallest absolute Gasteiger partial charge is 0.398 e. The molecule has 4 rings (SSSR count). The van der Waals surface area contributed by atoms with Gasteiger partial charge >= 0.3 is 7.12 Å². The molecule has 1 aliphatic carbocycles. The molecule has 0 amide bonds.